The molecule has 0 radical (unpaired) electrons. The number of carbonyl (C=O) groups is 3. The highest BCUT2D eigenvalue weighted by Crippen LogP contribution is 2.36. The van der Waals surface area contributed by atoms with Crippen LogP contribution >= 0.6 is 0 Å². The molecular weight excluding hydrogens is 482 g/mol. The second kappa shape index (κ2) is 11.9. The number of hydrogen-bond donors (Lipinski definition) is 2. The monoisotopic (exact) mass is 517 g/mol. The van der Waals surface area contributed by atoms with Gasteiger partial charge >= 0.3 is 0 Å². The molecule has 1 spiro atoms. The molecule has 3 aliphatic heterocycles. The van der Waals surface area contributed by atoms with Crippen molar-refractivity contribution in [3.05, 3.63) is 72.3 Å². The minimum atomic E-state index is -0.689. The van der Waals surface area contributed by atoms with Gasteiger partial charge in [-0.3, -0.25) is 14.4 Å². The molecule has 2 N–H and O–H groups in total. The standard InChI is InChI=1S/C29H35N5O4/c35-26-24(19-21-7-2-1-3-8-21)33-28(37)29(12-17-38-18-13-29)11-5-4-9-22-20-34(16-10-23(22)32-26)27(36)25-30-14-6-15-31-25/h1-8,14-15,22-24H,9-13,16-20H2,(H,32,35)(H,33,37)/b5-4+/t22-,23+,24+/m1/s1. The first-order valence-corrected chi connectivity index (χ1v) is 13.5. The number of rotatable bonds is 3. The minimum Gasteiger partial charge on any atom is -0.381 e. The Bertz CT molecular complexity index is 1150. The molecule has 9 heteroatoms. The van der Waals surface area contributed by atoms with E-state index in [2.05, 4.69) is 32.8 Å². The zero-order valence-electron chi connectivity index (χ0n) is 21.6. The van der Waals surface area contributed by atoms with Gasteiger partial charge in [-0.1, -0.05) is 42.5 Å². The third kappa shape index (κ3) is 5.93. The van der Waals surface area contributed by atoms with Crippen molar-refractivity contribution >= 4 is 17.7 Å². The molecule has 0 aliphatic carbocycles. The smallest absolute Gasteiger partial charge is 0.291 e. The third-order valence-corrected chi connectivity index (χ3v) is 8.06. The van der Waals surface area contributed by atoms with E-state index >= 15 is 0 Å². The number of nitrogens with zero attached hydrogens (tertiary/aromatic N) is 3. The maximum atomic E-state index is 13.7. The van der Waals surface area contributed by atoms with Gasteiger partial charge < -0.3 is 20.3 Å². The maximum Gasteiger partial charge on any atom is 0.291 e. The molecule has 3 aliphatic rings. The van der Waals surface area contributed by atoms with Crippen molar-refractivity contribution in [1.82, 2.24) is 25.5 Å². The lowest BCUT2D eigenvalue weighted by Gasteiger charge is -2.40. The van der Waals surface area contributed by atoms with Gasteiger partial charge in [0.25, 0.3) is 5.91 Å². The molecule has 38 heavy (non-hydrogen) atoms. The fourth-order valence-electron chi connectivity index (χ4n) is 5.72. The predicted octanol–water partition coefficient (Wildman–Crippen LogP) is 2.30. The zero-order valence-corrected chi connectivity index (χ0v) is 21.6. The summed E-state index contributed by atoms with van der Waals surface area (Å²) in [6.45, 7) is 2.06. The van der Waals surface area contributed by atoms with Crippen LogP contribution in [0.1, 0.15) is 48.3 Å². The number of fused-ring (bicyclic) bond motifs is 1. The van der Waals surface area contributed by atoms with E-state index in [9.17, 15) is 14.4 Å². The lowest BCUT2D eigenvalue weighted by molar-refractivity contribution is -0.140. The number of allylic oxidation sites excluding steroid dienone is 2. The summed E-state index contributed by atoms with van der Waals surface area (Å²) in [6.07, 6.45) is 10.9. The van der Waals surface area contributed by atoms with E-state index in [1.54, 1.807) is 23.4 Å². The van der Waals surface area contributed by atoms with Crippen LogP contribution < -0.4 is 10.6 Å². The predicted molar refractivity (Wildman–Crippen MR) is 141 cm³/mol. The molecule has 9 nitrogen and oxygen atoms in total. The maximum absolute atomic E-state index is 13.7. The van der Waals surface area contributed by atoms with Crippen LogP contribution in [0.15, 0.2) is 60.9 Å². The molecule has 5 rings (SSSR count). The van der Waals surface area contributed by atoms with E-state index < -0.39 is 11.5 Å². The lowest BCUT2D eigenvalue weighted by Crippen LogP contribution is -2.58. The number of nitrogens with one attached hydrogen (secondary N) is 2. The Morgan fingerprint density at radius 1 is 1.03 bits per heavy atom. The van der Waals surface area contributed by atoms with Crippen LogP contribution in [-0.4, -0.2) is 71.0 Å². The Kier molecular flexibility index (Phi) is 8.12. The number of benzene rings is 1. The summed E-state index contributed by atoms with van der Waals surface area (Å²) in [6, 6.07) is 10.6. The van der Waals surface area contributed by atoms with Gasteiger partial charge in [-0.25, -0.2) is 9.97 Å². The number of aromatic nitrogens is 2. The first kappa shape index (κ1) is 26.0. The zero-order chi connectivity index (χ0) is 26.4. The van der Waals surface area contributed by atoms with Gasteiger partial charge in [0, 0.05) is 57.1 Å². The number of ether oxygens (including phenoxy) is 1. The van der Waals surface area contributed by atoms with E-state index in [1.165, 1.54) is 0 Å². The summed E-state index contributed by atoms with van der Waals surface area (Å²) in [5, 5.41) is 6.35. The summed E-state index contributed by atoms with van der Waals surface area (Å²) in [4.78, 5) is 50.4. The second-order valence-electron chi connectivity index (χ2n) is 10.5. The molecule has 2 aromatic rings. The van der Waals surface area contributed by atoms with Gasteiger partial charge in [0.1, 0.15) is 6.04 Å². The van der Waals surface area contributed by atoms with Crippen molar-refractivity contribution in [2.75, 3.05) is 26.3 Å². The Labute approximate surface area is 223 Å². The van der Waals surface area contributed by atoms with Crippen molar-refractivity contribution < 1.29 is 19.1 Å². The summed E-state index contributed by atoms with van der Waals surface area (Å²) in [5.41, 5.74) is 0.391. The molecular formula is C29H35N5O4. The number of piperidine rings is 1. The normalized spacial score (nSPS) is 26.7. The number of carbonyl (C=O) groups excluding carboxylic acids is 3. The highest BCUT2D eigenvalue weighted by molar-refractivity contribution is 5.91. The molecule has 0 bridgehead atoms. The largest absolute Gasteiger partial charge is 0.381 e. The molecule has 1 aromatic heterocycles. The quantitative estimate of drug-likeness (QED) is 0.604. The van der Waals surface area contributed by atoms with Crippen molar-refractivity contribution in [3.8, 4) is 0 Å². The van der Waals surface area contributed by atoms with E-state index in [4.69, 9.17) is 4.74 Å². The molecule has 1 aromatic carbocycles. The van der Waals surface area contributed by atoms with Crippen LogP contribution in [0.4, 0.5) is 0 Å². The summed E-state index contributed by atoms with van der Waals surface area (Å²) < 4.78 is 5.57. The SMILES string of the molecule is O=C1N[C@H]2CCN(C(=O)c3ncccn3)C[C@H]2C/C=C/CC2(CCOCC2)C(=O)N[C@H]1Cc1ccccc1. The molecule has 0 unspecified atom stereocenters. The first-order chi connectivity index (χ1) is 18.5. The van der Waals surface area contributed by atoms with E-state index in [1.807, 2.05) is 30.3 Å². The molecule has 2 fully saturated rings. The lowest BCUT2D eigenvalue weighted by atomic mass is 9.75. The van der Waals surface area contributed by atoms with Crippen LogP contribution in [-0.2, 0) is 20.7 Å². The average Bonchev–Trinajstić information content (AvgIpc) is 2.96. The fraction of sp³-hybridized carbons (Fsp3) is 0.483. The first-order valence-electron chi connectivity index (χ1n) is 13.5. The second-order valence-corrected chi connectivity index (χ2v) is 10.5. The van der Waals surface area contributed by atoms with Gasteiger partial charge in [0.05, 0.1) is 5.41 Å². The van der Waals surface area contributed by atoms with E-state index in [0.717, 1.165) is 5.56 Å². The minimum absolute atomic E-state index is 0.0368. The number of amides is 3. The Balaban J connectivity index is 1.39. The van der Waals surface area contributed by atoms with Gasteiger partial charge in [-0.15, -0.1) is 0 Å². The highest BCUT2D eigenvalue weighted by atomic mass is 16.5. The van der Waals surface area contributed by atoms with E-state index in [0.29, 0.717) is 64.8 Å². The third-order valence-electron chi connectivity index (χ3n) is 8.06. The molecule has 3 amide bonds. The number of hydrogen-bond acceptors (Lipinski definition) is 6. The van der Waals surface area contributed by atoms with Crippen LogP contribution in [0.2, 0.25) is 0 Å². The molecule has 200 valence electrons. The Morgan fingerprint density at radius 3 is 2.55 bits per heavy atom. The Morgan fingerprint density at radius 2 is 1.79 bits per heavy atom. The number of likely N-dealkylation sites (tertiary alicyclic amines) is 1. The van der Waals surface area contributed by atoms with Gasteiger partial charge in [-0.2, -0.15) is 0 Å². The van der Waals surface area contributed by atoms with Gasteiger partial charge in [0.15, 0.2) is 0 Å². The van der Waals surface area contributed by atoms with Crippen LogP contribution in [0.25, 0.3) is 0 Å². The van der Waals surface area contributed by atoms with Crippen molar-refractivity contribution in [2.24, 2.45) is 11.3 Å². The molecule has 0 saturated carbocycles. The molecule has 2 saturated heterocycles. The summed E-state index contributed by atoms with van der Waals surface area (Å²) >= 11 is 0. The summed E-state index contributed by atoms with van der Waals surface area (Å²) in [5.74, 6) is -0.238. The van der Waals surface area contributed by atoms with Crippen molar-refractivity contribution in [2.45, 2.75) is 50.6 Å². The van der Waals surface area contributed by atoms with Crippen LogP contribution in [0, 0.1) is 11.3 Å². The molecule has 4 heterocycles. The fourth-order valence-corrected chi connectivity index (χ4v) is 5.72. The Hall–Kier alpha value is -3.59. The van der Waals surface area contributed by atoms with Crippen LogP contribution in [0.5, 0.6) is 0 Å². The van der Waals surface area contributed by atoms with Crippen LogP contribution in [0.3, 0.4) is 0 Å². The summed E-state index contributed by atoms with van der Waals surface area (Å²) in [7, 11) is 0. The van der Waals surface area contributed by atoms with E-state index in [-0.39, 0.29) is 35.5 Å². The van der Waals surface area contributed by atoms with Crippen molar-refractivity contribution in [1.29, 1.82) is 0 Å². The average molecular weight is 518 g/mol. The van der Waals surface area contributed by atoms with Crippen molar-refractivity contribution in [3.63, 3.8) is 0 Å². The highest BCUT2D eigenvalue weighted by Gasteiger charge is 2.41. The molecule has 3 atom stereocenters. The topological polar surface area (TPSA) is 114 Å². The van der Waals surface area contributed by atoms with Gasteiger partial charge in [-0.05, 0) is 43.7 Å². The van der Waals surface area contributed by atoms with Gasteiger partial charge in [0.2, 0.25) is 17.6 Å².